The minimum Gasteiger partial charge on any atom is -0.352 e. The van der Waals surface area contributed by atoms with Crippen molar-refractivity contribution in [3.05, 3.63) is 0 Å². The van der Waals surface area contributed by atoms with Crippen LogP contribution < -0.4 is 16.0 Å². The molecule has 0 spiro atoms. The van der Waals surface area contributed by atoms with Gasteiger partial charge in [-0.05, 0) is 33.1 Å². The third-order valence-corrected chi connectivity index (χ3v) is 5.30. The first-order chi connectivity index (χ1) is 10.6. The van der Waals surface area contributed by atoms with Gasteiger partial charge in [-0.3, -0.25) is 4.79 Å². The summed E-state index contributed by atoms with van der Waals surface area (Å²) in [5.74, 6) is -0.221. The van der Waals surface area contributed by atoms with E-state index in [4.69, 9.17) is 0 Å². The zero-order valence-electron chi connectivity index (χ0n) is 14.3. The highest BCUT2D eigenvalue weighted by Crippen LogP contribution is 2.12. The first-order valence-corrected chi connectivity index (χ1v) is 9.80. The lowest BCUT2D eigenvalue weighted by atomic mass is 10.1. The van der Waals surface area contributed by atoms with Crippen LogP contribution in [0.3, 0.4) is 0 Å². The largest absolute Gasteiger partial charge is 0.352 e. The number of sulfonamides is 1. The number of urea groups is 1. The van der Waals surface area contributed by atoms with Gasteiger partial charge in [0.05, 0.1) is 6.26 Å². The van der Waals surface area contributed by atoms with Gasteiger partial charge in [-0.25, -0.2) is 17.5 Å². The molecule has 1 heterocycles. The van der Waals surface area contributed by atoms with E-state index in [1.165, 1.54) is 10.6 Å². The summed E-state index contributed by atoms with van der Waals surface area (Å²) in [6, 6.07) is -1.05. The number of nitrogens with zero attached hydrogens (tertiary/aromatic N) is 1. The third-order valence-electron chi connectivity index (χ3n) is 4.00. The number of nitrogens with one attached hydrogen (secondary N) is 3. The van der Waals surface area contributed by atoms with Crippen molar-refractivity contribution in [3.8, 4) is 0 Å². The van der Waals surface area contributed by atoms with Gasteiger partial charge in [-0.1, -0.05) is 6.92 Å². The summed E-state index contributed by atoms with van der Waals surface area (Å²) in [6.45, 7) is 6.30. The second-order valence-corrected chi connectivity index (χ2v) is 8.08. The maximum absolute atomic E-state index is 11.9. The molecule has 0 unspecified atom stereocenters. The Kier molecular flexibility index (Phi) is 7.27. The number of rotatable bonds is 6. The van der Waals surface area contributed by atoms with E-state index in [1.54, 1.807) is 6.92 Å². The highest BCUT2D eigenvalue weighted by molar-refractivity contribution is 7.88. The molecule has 1 fully saturated rings. The van der Waals surface area contributed by atoms with E-state index < -0.39 is 22.1 Å². The molecule has 2 atom stereocenters. The summed E-state index contributed by atoms with van der Waals surface area (Å²) in [7, 11) is -3.17. The van der Waals surface area contributed by atoms with Crippen LogP contribution >= 0.6 is 0 Å². The number of carbonyl (C=O) groups is 2. The predicted molar refractivity (Wildman–Crippen MR) is 88.5 cm³/mol. The topological polar surface area (TPSA) is 108 Å². The van der Waals surface area contributed by atoms with Crippen molar-refractivity contribution in [2.24, 2.45) is 0 Å². The molecule has 0 saturated carbocycles. The molecular weight excluding hydrogens is 320 g/mol. The fourth-order valence-electron chi connectivity index (χ4n) is 2.29. The Hall–Kier alpha value is -1.35. The average molecular weight is 348 g/mol. The molecule has 3 N–H and O–H groups in total. The quantitative estimate of drug-likeness (QED) is 0.628. The van der Waals surface area contributed by atoms with Crippen LogP contribution in [-0.4, -0.2) is 62.1 Å². The van der Waals surface area contributed by atoms with Gasteiger partial charge in [0.2, 0.25) is 15.9 Å². The van der Waals surface area contributed by atoms with Gasteiger partial charge >= 0.3 is 6.03 Å². The van der Waals surface area contributed by atoms with Gasteiger partial charge in [-0.2, -0.15) is 0 Å². The molecule has 0 radical (unpaired) electrons. The molecule has 9 heteroatoms. The molecule has 1 aliphatic heterocycles. The van der Waals surface area contributed by atoms with Crippen molar-refractivity contribution in [1.82, 2.24) is 20.3 Å². The van der Waals surface area contributed by atoms with E-state index in [9.17, 15) is 18.0 Å². The third kappa shape index (κ3) is 6.74. The molecule has 0 aromatic heterocycles. The molecule has 134 valence electrons. The standard InChI is InChI=1S/C14H28N4O4S/c1-5-10(2)15-13(19)11(3)16-14(20)17-12-6-8-18(9-7-12)23(4,21)22/h10-12H,5-9H2,1-4H3,(H,15,19)(H2,16,17,20)/t10-,11-/m0/s1. The highest BCUT2D eigenvalue weighted by Gasteiger charge is 2.26. The van der Waals surface area contributed by atoms with Crippen molar-refractivity contribution >= 4 is 22.0 Å². The number of hydrogen-bond donors (Lipinski definition) is 3. The summed E-state index contributed by atoms with van der Waals surface area (Å²) >= 11 is 0. The van der Waals surface area contributed by atoms with Crippen molar-refractivity contribution in [2.45, 2.75) is 58.2 Å². The van der Waals surface area contributed by atoms with E-state index >= 15 is 0 Å². The second-order valence-electron chi connectivity index (χ2n) is 6.09. The predicted octanol–water partition coefficient (Wildman–Crippen LogP) is 0.0128. The number of hydrogen-bond acceptors (Lipinski definition) is 4. The molecule has 8 nitrogen and oxygen atoms in total. The number of piperidine rings is 1. The molecule has 1 rings (SSSR count). The summed E-state index contributed by atoms with van der Waals surface area (Å²) in [4.78, 5) is 23.8. The fourth-order valence-corrected chi connectivity index (χ4v) is 3.17. The van der Waals surface area contributed by atoms with Crippen molar-refractivity contribution < 1.29 is 18.0 Å². The van der Waals surface area contributed by atoms with Crippen LogP contribution in [0.4, 0.5) is 4.79 Å². The van der Waals surface area contributed by atoms with Gasteiger partial charge in [0, 0.05) is 25.2 Å². The summed E-state index contributed by atoms with van der Waals surface area (Å²) < 4.78 is 24.3. The van der Waals surface area contributed by atoms with Gasteiger partial charge < -0.3 is 16.0 Å². The Morgan fingerprint density at radius 3 is 2.22 bits per heavy atom. The van der Waals surface area contributed by atoms with Crippen LogP contribution in [0, 0.1) is 0 Å². The first kappa shape index (κ1) is 19.7. The van der Waals surface area contributed by atoms with Crippen LogP contribution in [0.1, 0.15) is 40.0 Å². The van der Waals surface area contributed by atoms with Crippen LogP contribution in [0.5, 0.6) is 0 Å². The van der Waals surface area contributed by atoms with E-state index in [-0.39, 0.29) is 18.0 Å². The van der Waals surface area contributed by atoms with Crippen LogP contribution in [0.2, 0.25) is 0 Å². The minimum atomic E-state index is -3.17. The van der Waals surface area contributed by atoms with Crippen molar-refractivity contribution in [1.29, 1.82) is 0 Å². The fraction of sp³-hybridized carbons (Fsp3) is 0.857. The minimum absolute atomic E-state index is 0.0649. The van der Waals surface area contributed by atoms with Crippen molar-refractivity contribution in [2.75, 3.05) is 19.3 Å². The van der Waals surface area contributed by atoms with Gasteiger partial charge in [0.25, 0.3) is 0 Å². The molecule has 0 aliphatic carbocycles. The molecule has 0 aromatic rings. The van der Waals surface area contributed by atoms with Gasteiger partial charge in [-0.15, -0.1) is 0 Å². The maximum Gasteiger partial charge on any atom is 0.315 e. The highest BCUT2D eigenvalue weighted by atomic mass is 32.2. The molecule has 3 amide bonds. The molecule has 0 bridgehead atoms. The van der Waals surface area contributed by atoms with Gasteiger partial charge in [0.15, 0.2) is 0 Å². The van der Waals surface area contributed by atoms with E-state index in [0.717, 1.165) is 6.42 Å². The molecular formula is C14H28N4O4S. The summed E-state index contributed by atoms with van der Waals surface area (Å²) in [5, 5.41) is 8.20. The molecule has 1 aliphatic rings. The lowest BCUT2D eigenvalue weighted by molar-refractivity contribution is -0.123. The Bertz CT molecular complexity index is 515. The van der Waals surface area contributed by atoms with Crippen LogP contribution in [-0.2, 0) is 14.8 Å². The Morgan fingerprint density at radius 2 is 1.74 bits per heavy atom. The normalized spacial score (nSPS) is 19.7. The second kappa shape index (κ2) is 8.49. The Balaban J connectivity index is 2.36. The lowest BCUT2D eigenvalue weighted by Gasteiger charge is -2.30. The maximum atomic E-state index is 11.9. The van der Waals surface area contributed by atoms with E-state index in [1.807, 2.05) is 13.8 Å². The Morgan fingerprint density at radius 1 is 1.17 bits per heavy atom. The van der Waals surface area contributed by atoms with Crippen LogP contribution in [0.25, 0.3) is 0 Å². The van der Waals surface area contributed by atoms with E-state index in [2.05, 4.69) is 16.0 Å². The SMILES string of the molecule is CC[C@H](C)NC(=O)[C@H](C)NC(=O)NC1CCN(S(C)(=O)=O)CC1. The number of carbonyl (C=O) groups excluding carboxylic acids is 2. The number of amides is 3. The molecule has 1 saturated heterocycles. The monoisotopic (exact) mass is 348 g/mol. The Labute approximate surface area is 138 Å². The lowest BCUT2D eigenvalue weighted by Crippen LogP contribution is -2.53. The van der Waals surface area contributed by atoms with Gasteiger partial charge in [0.1, 0.15) is 6.04 Å². The average Bonchev–Trinajstić information content (AvgIpc) is 2.46. The van der Waals surface area contributed by atoms with Crippen LogP contribution in [0.15, 0.2) is 0 Å². The summed E-state index contributed by atoms with van der Waals surface area (Å²) in [6.07, 6.45) is 3.14. The van der Waals surface area contributed by atoms with E-state index in [0.29, 0.717) is 25.9 Å². The van der Waals surface area contributed by atoms with Crippen molar-refractivity contribution in [3.63, 3.8) is 0 Å². The first-order valence-electron chi connectivity index (χ1n) is 7.96. The summed E-state index contributed by atoms with van der Waals surface area (Å²) in [5.41, 5.74) is 0. The molecule has 0 aromatic carbocycles. The molecule has 23 heavy (non-hydrogen) atoms. The smallest absolute Gasteiger partial charge is 0.315 e. The zero-order chi connectivity index (χ0) is 17.6. The zero-order valence-corrected chi connectivity index (χ0v) is 15.1.